The summed E-state index contributed by atoms with van der Waals surface area (Å²) in [5.41, 5.74) is 4.93. The van der Waals surface area contributed by atoms with Crippen LogP contribution >= 0.6 is 0 Å². The molecule has 0 fully saturated rings. The second-order valence-electron chi connectivity index (χ2n) is 2.22. The summed E-state index contributed by atoms with van der Waals surface area (Å²) in [6, 6.07) is 0. The molecule has 0 aromatic heterocycles. The minimum Gasteiger partial charge on any atom is -0.330 e. The molecule has 0 rings (SSSR count). The molecular weight excluding hydrogens is 155 g/mol. The molecule has 0 heterocycles. The predicted molar refractivity (Wildman–Crippen MR) is 38.0 cm³/mol. The molecule has 0 saturated heterocycles. The number of halogens is 3. The Hall–Kier alpha value is -0.510. The van der Waals surface area contributed by atoms with Gasteiger partial charge in [0.05, 0.1) is 5.92 Å². The molecule has 66 valence electrons. The molecule has 1 unspecified atom stereocenters. The predicted octanol–water partition coefficient (Wildman–Crippen LogP) is 2.09. The third kappa shape index (κ3) is 4.03. The van der Waals surface area contributed by atoms with Crippen LogP contribution in [0.1, 0.15) is 13.3 Å². The lowest BCUT2D eigenvalue weighted by Gasteiger charge is -2.13. The first-order valence-corrected chi connectivity index (χ1v) is 3.45. The molecule has 0 bridgehead atoms. The van der Waals surface area contributed by atoms with Crippen LogP contribution < -0.4 is 5.73 Å². The lowest BCUT2D eigenvalue weighted by Crippen LogP contribution is -2.28. The van der Waals surface area contributed by atoms with Crippen molar-refractivity contribution in [3.8, 4) is 0 Å². The first-order valence-electron chi connectivity index (χ1n) is 3.45. The fourth-order valence-electron chi connectivity index (χ4n) is 0.622. The maximum absolute atomic E-state index is 11.9. The average molecular weight is 167 g/mol. The molecule has 0 saturated carbocycles. The molecule has 4 heteroatoms. The van der Waals surface area contributed by atoms with Crippen LogP contribution in [0.25, 0.3) is 0 Å². The Bertz CT molecular complexity index is 128. The Morgan fingerprint density at radius 3 is 2.27 bits per heavy atom. The molecule has 0 spiro atoms. The first-order chi connectivity index (χ1) is 5.02. The monoisotopic (exact) mass is 167 g/mol. The Morgan fingerprint density at radius 2 is 2.00 bits per heavy atom. The maximum atomic E-state index is 11.9. The summed E-state index contributed by atoms with van der Waals surface area (Å²) in [6.45, 7) is 1.40. The molecule has 1 atom stereocenters. The number of allylic oxidation sites excluding steroid dienone is 1. The largest absolute Gasteiger partial charge is 0.396 e. The van der Waals surface area contributed by atoms with Crippen molar-refractivity contribution >= 4 is 0 Å². The zero-order chi connectivity index (χ0) is 8.91. The van der Waals surface area contributed by atoms with Gasteiger partial charge in [0.15, 0.2) is 0 Å². The van der Waals surface area contributed by atoms with E-state index in [1.807, 2.05) is 0 Å². The highest BCUT2D eigenvalue weighted by atomic mass is 19.4. The highest BCUT2D eigenvalue weighted by Crippen LogP contribution is 2.26. The summed E-state index contributed by atoms with van der Waals surface area (Å²) >= 11 is 0. The van der Waals surface area contributed by atoms with Gasteiger partial charge in [-0.05, 0) is 6.42 Å². The van der Waals surface area contributed by atoms with Gasteiger partial charge in [-0.25, -0.2) is 0 Å². The molecule has 0 aromatic rings. The van der Waals surface area contributed by atoms with E-state index in [0.717, 1.165) is 6.08 Å². The number of alkyl halides is 3. The molecule has 11 heavy (non-hydrogen) atoms. The van der Waals surface area contributed by atoms with Crippen LogP contribution in [-0.4, -0.2) is 12.7 Å². The first kappa shape index (κ1) is 10.5. The van der Waals surface area contributed by atoms with Gasteiger partial charge < -0.3 is 5.73 Å². The smallest absolute Gasteiger partial charge is 0.330 e. The van der Waals surface area contributed by atoms with Gasteiger partial charge in [0.2, 0.25) is 0 Å². The van der Waals surface area contributed by atoms with E-state index in [4.69, 9.17) is 5.73 Å². The standard InChI is InChI=1S/C7H12F3N/c1-2-3-4-6(5-11)7(8,9)10/h3-4,6H,2,5,11H2,1H3/b4-3+. The summed E-state index contributed by atoms with van der Waals surface area (Å²) in [6.07, 6.45) is -1.00. The topological polar surface area (TPSA) is 26.0 Å². The summed E-state index contributed by atoms with van der Waals surface area (Å²) in [5.74, 6) is -1.48. The normalized spacial score (nSPS) is 15.7. The fraction of sp³-hybridized carbons (Fsp3) is 0.714. The third-order valence-electron chi connectivity index (χ3n) is 1.28. The maximum Gasteiger partial charge on any atom is 0.396 e. The van der Waals surface area contributed by atoms with Crippen molar-refractivity contribution in [2.24, 2.45) is 11.7 Å². The van der Waals surface area contributed by atoms with Crippen molar-refractivity contribution in [1.82, 2.24) is 0 Å². The van der Waals surface area contributed by atoms with Crippen LogP contribution in [-0.2, 0) is 0 Å². The molecule has 0 aliphatic rings. The summed E-state index contributed by atoms with van der Waals surface area (Å²) in [5, 5.41) is 0. The zero-order valence-electron chi connectivity index (χ0n) is 6.36. The Kier molecular flexibility index (Phi) is 4.18. The van der Waals surface area contributed by atoms with Crippen LogP contribution in [0, 0.1) is 5.92 Å². The van der Waals surface area contributed by atoms with Crippen molar-refractivity contribution in [3.05, 3.63) is 12.2 Å². The van der Waals surface area contributed by atoms with Gasteiger partial charge in [0.1, 0.15) is 0 Å². The van der Waals surface area contributed by atoms with Gasteiger partial charge in [-0.15, -0.1) is 0 Å². The highest BCUT2D eigenvalue weighted by Gasteiger charge is 2.36. The van der Waals surface area contributed by atoms with E-state index in [-0.39, 0.29) is 6.54 Å². The second kappa shape index (κ2) is 4.38. The van der Waals surface area contributed by atoms with Crippen LogP contribution in [0.15, 0.2) is 12.2 Å². The van der Waals surface area contributed by atoms with Gasteiger partial charge in [-0.2, -0.15) is 13.2 Å². The molecular formula is C7H12F3N. The van der Waals surface area contributed by atoms with Crippen molar-refractivity contribution in [1.29, 1.82) is 0 Å². The van der Waals surface area contributed by atoms with Crippen LogP contribution in [0.2, 0.25) is 0 Å². The molecule has 1 nitrogen and oxygen atoms in total. The SMILES string of the molecule is CC/C=C/C(CN)C(F)(F)F. The molecule has 0 aromatic carbocycles. The molecule has 0 amide bonds. The van der Waals surface area contributed by atoms with Crippen LogP contribution in [0.3, 0.4) is 0 Å². The van der Waals surface area contributed by atoms with Gasteiger partial charge in [-0.1, -0.05) is 19.1 Å². The lowest BCUT2D eigenvalue weighted by molar-refractivity contribution is -0.158. The summed E-state index contributed by atoms with van der Waals surface area (Å²) in [7, 11) is 0. The van der Waals surface area contributed by atoms with Crippen molar-refractivity contribution < 1.29 is 13.2 Å². The summed E-state index contributed by atoms with van der Waals surface area (Å²) < 4.78 is 35.7. The third-order valence-corrected chi connectivity index (χ3v) is 1.28. The Morgan fingerprint density at radius 1 is 1.45 bits per heavy atom. The Labute approximate surface area is 64.1 Å². The van der Waals surface area contributed by atoms with E-state index >= 15 is 0 Å². The number of hydrogen-bond donors (Lipinski definition) is 1. The average Bonchev–Trinajstić information content (AvgIpc) is 1.87. The van der Waals surface area contributed by atoms with E-state index in [2.05, 4.69) is 0 Å². The van der Waals surface area contributed by atoms with Crippen LogP contribution in [0.5, 0.6) is 0 Å². The molecule has 0 radical (unpaired) electrons. The van der Waals surface area contributed by atoms with Gasteiger partial charge >= 0.3 is 6.18 Å². The zero-order valence-corrected chi connectivity index (χ0v) is 6.36. The molecule has 0 aliphatic heterocycles. The quantitative estimate of drug-likeness (QED) is 0.640. The van der Waals surface area contributed by atoms with Crippen LogP contribution in [0.4, 0.5) is 13.2 Å². The Balaban J connectivity index is 4.06. The van der Waals surface area contributed by atoms with Crippen molar-refractivity contribution in [2.45, 2.75) is 19.5 Å². The lowest BCUT2D eigenvalue weighted by atomic mass is 10.1. The minimum atomic E-state index is -4.19. The van der Waals surface area contributed by atoms with Gasteiger partial charge in [0.25, 0.3) is 0 Å². The second-order valence-corrected chi connectivity index (χ2v) is 2.22. The summed E-state index contributed by atoms with van der Waals surface area (Å²) in [4.78, 5) is 0. The van der Waals surface area contributed by atoms with E-state index in [1.54, 1.807) is 6.92 Å². The number of rotatable bonds is 3. The molecule has 2 N–H and O–H groups in total. The van der Waals surface area contributed by atoms with E-state index < -0.39 is 12.1 Å². The van der Waals surface area contributed by atoms with E-state index in [1.165, 1.54) is 6.08 Å². The van der Waals surface area contributed by atoms with Crippen molar-refractivity contribution in [3.63, 3.8) is 0 Å². The molecule has 0 aliphatic carbocycles. The minimum absolute atomic E-state index is 0.375. The van der Waals surface area contributed by atoms with Crippen molar-refractivity contribution in [2.75, 3.05) is 6.54 Å². The number of nitrogens with two attached hydrogens (primary N) is 1. The number of hydrogen-bond acceptors (Lipinski definition) is 1. The fourth-order valence-corrected chi connectivity index (χ4v) is 0.622. The van der Waals surface area contributed by atoms with Gasteiger partial charge in [0, 0.05) is 6.54 Å². The van der Waals surface area contributed by atoms with Gasteiger partial charge in [-0.3, -0.25) is 0 Å². The van der Waals surface area contributed by atoms with E-state index in [9.17, 15) is 13.2 Å². The highest BCUT2D eigenvalue weighted by molar-refractivity contribution is 4.91. The van der Waals surface area contributed by atoms with E-state index in [0.29, 0.717) is 6.42 Å².